The fourth-order valence-electron chi connectivity index (χ4n) is 1.21. The Kier molecular flexibility index (Phi) is 4.19. The Hall–Kier alpha value is -1.21. The fraction of sp³-hybridized carbons (Fsp3) is 0.444. The minimum absolute atomic E-state index is 0.00145. The molecular formula is C9H14FN3O2S. The molecule has 0 aliphatic carbocycles. The normalized spacial score (nSPS) is 13.4. The first-order valence-electron chi connectivity index (χ1n) is 4.82. The number of aromatic nitrogens is 1. The summed E-state index contributed by atoms with van der Waals surface area (Å²) in [6, 6.07) is 1.26. The minimum Gasteiger partial charge on any atom is -0.329 e. The molecule has 0 saturated heterocycles. The van der Waals surface area contributed by atoms with E-state index >= 15 is 0 Å². The van der Waals surface area contributed by atoms with Crippen LogP contribution in [0.1, 0.15) is 13.3 Å². The van der Waals surface area contributed by atoms with Crippen LogP contribution in [-0.4, -0.2) is 25.2 Å². The highest BCUT2D eigenvalue weighted by molar-refractivity contribution is 7.93. The van der Waals surface area contributed by atoms with E-state index in [9.17, 15) is 12.8 Å². The van der Waals surface area contributed by atoms with Crippen molar-refractivity contribution in [1.29, 1.82) is 0 Å². The van der Waals surface area contributed by atoms with Crippen LogP contribution in [0.4, 0.5) is 10.1 Å². The Morgan fingerprint density at radius 1 is 1.62 bits per heavy atom. The summed E-state index contributed by atoms with van der Waals surface area (Å²) in [4.78, 5) is 3.53. The topological polar surface area (TPSA) is 85.1 Å². The van der Waals surface area contributed by atoms with Gasteiger partial charge in [0.25, 0.3) is 0 Å². The maximum absolute atomic E-state index is 13.2. The van der Waals surface area contributed by atoms with Crippen molar-refractivity contribution in [2.24, 2.45) is 5.73 Å². The van der Waals surface area contributed by atoms with Crippen LogP contribution in [0, 0.1) is 5.82 Å². The van der Waals surface area contributed by atoms with Gasteiger partial charge >= 0.3 is 0 Å². The second kappa shape index (κ2) is 5.22. The van der Waals surface area contributed by atoms with Crippen molar-refractivity contribution in [2.75, 3.05) is 11.3 Å². The molecule has 0 amide bonds. The van der Waals surface area contributed by atoms with Crippen molar-refractivity contribution in [2.45, 2.75) is 18.6 Å². The van der Waals surface area contributed by atoms with Gasteiger partial charge in [0.2, 0.25) is 10.0 Å². The highest BCUT2D eigenvalue weighted by Crippen LogP contribution is 2.15. The number of nitrogens with two attached hydrogens (primary N) is 1. The molecule has 0 aliphatic heterocycles. The van der Waals surface area contributed by atoms with E-state index in [1.165, 1.54) is 12.3 Å². The molecule has 1 unspecified atom stereocenters. The van der Waals surface area contributed by atoms with Gasteiger partial charge in [0.05, 0.1) is 17.1 Å². The van der Waals surface area contributed by atoms with Gasteiger partial charge in [-0.15, -0.1) is 0 Å². The number of hydrogen-bond acceptors (Lipinski definition) is 4. The zero-order chi connectivity index (χ0) is 12.2. The Bertz CT molecular complexity index is 446. The lowest BCUT2D eigenvalue weighted by Gasteiger charge is -2.15. The van der Waals surface area contributed by atoms with Gasteiger partial charge < -0.3 is 5.73 Å². The van der Waals surface area contributed by atoms with Gasteiger partial charge in [-0.25, -0.2) is 12.8 Å². The van der Waals surface area contributed by atoms with Crippen molar-refractivity contribution in [3.05, 3.63) is 24.3 Å². The molecule has 0 radical (unpaired) electrons. The molecule has 0 fully saturated rings. The monoisotopic (exact) mass is 247 g/mol. The zero-order valence-electron chi connectivity index (χ0n) is 8.85. The van der Waals surface area contributed by atoms with Gasteiger partial charge in [-0.05, 0) is 12.5 Å². The summed E-state index contributed by atoms with van der Waals surface area (Å²) in [5, 5.41) is -0.722. The number of hydrogen-bond donors (Lipinski definition) is 2. The SMILES string of the molecule is CCC(CN)S(=O)(=O)Nc1ccncc1F. The lowest BCUT2D eigenvalue weighted by Crippen LogP contribution is -2.33. The number of sulfonamides is 1. The molecule has 1 heterocycles. The highest BCUT2D eigenvalue weighted by Gasteiger charge is 2.23. The van der Waals surface area contributed by atoms with E-state index in [2.05, 4.69) is 9.71 Å². The Morgan fingerprint density at radius 2 is 2.31 bits per heavy atom. The van der Waals surface area contributed by atoms with Crippen LogP contribution < -0.4 is 10.5 Å². The maximum Gasteiger partial charge on any atom is 0.236 e. The molecule has 0 aliphatic rings. The average molecular weight is 247 g/mol. The smallest absolute Gasteiger partial charge is 0.236 e. The third-order valence-corrected chi connectivity index (χ3v) is 4.09. The summed E-state index contributed by atoms with van der Waals surface area (Å²) in [6.45, 7) is 1.71. The molecule has 0 saturated carbocycles. The predicted octanol–water partition coefficient (Wildman–Crippen LogP) is 0.700. The Morgan fingerprint density at radius 3 is 2.81 bits per heavy atom. The van der Waals surface area contributed by atoms with Gasteiger partial charge in [-0.1, -0.05) is 6.92 Å². The van der Waals surface area contributed by atoms with E-state index in [-0.39, 0.29) is 12.2 Å². The summed E-state index contributed by atoms with van der Waals surface area (Å²) in [7, 11) is -3.64. The van der Waals surface area contributed by atoms with E-state index in [0.717, 1.165) is 6.20 Å². The second-order valence-electron chi connectivity index (χ2n) is 3.27. The standard InChI is InChI=1S/C9H14FN3O2S/c1-2-7(5-11)16(14,15)13-9-3-4-12-6-8(9)10/h3-4,6-7H,2,5,11H2,1H3,(H,12,13). The van der Waals surface area contributed by atoms with Crippen molar-refractivity contribution in [3.8, 4) is 0 Å². The molecule has 16 heavy (non-hydrogen) atoms. The van der Waals surface area contributed by atoms with Gasteiger partial charge in [-0.3, -0.25) is 9.71 Å². The van der Waals surface area contributed by atoms with E-state index in [0.29, 0.717) is 6.42 Å². The lowest BCUT2D eigenvalue weighted by atomic mass is 10.3. The molecule has 0 bridgehead atoms. The van der Waals surface area contributed by atoms with Crippen molar-refractivity contribution in [1.82, 2.24) is 4.98 Å². The predicted molar refractivity (Wildman–Crippen MR) is 59.9 cm³/mol. The number of nitrogens with one attached hydrogen (secondary N) is 1. The molecule has 1 aromatic rings. The average Bonchev–Trinajstić information content (AvgIpc) is 2.22. The first-order chi connectivity index (χ1) is 7.51. The van der Waals surface area contributed by atoms with E-state index in [1.54, 1.807) is 6.92 Å². The van der Waals surface area contributed by atoms with Crippen LogP contribution >= 0.6 is 0 Å². The third kappa shape index (κ3) is 2.89. The molecular weight excluding hydrogens is 233 g/mol. The Balaban J connectivity index is 2.93. The Labute approximate surface area is 93.9 Å². The zero-order valence-corrected chi connectivity index (χ0v) is 9.67. The summed E-state index contributed by atoms with van der Waals surface area (Å²) in [5.41, 5.74) is 5.23. The van der Waals surface area contributed by atoms with Crippen LogP contribution in [0.25, 0.3) is 0 Å². The quantitative estimate of drug-likeness (QED) is 0.802. The maximum atomic E-state index is 13.2. The molecule has 5 nitrogen and oxygen atoms in total. The van der Waals surface area contributed by atoms with Crippen LogP contribution in [0.15, 0.2) is 18.5 Å². The highest BCUT2D eigenvalue weighted by atomic mass is 32.2. The molecule has 1 aromatic heterocycles. The van der Waals surface area contributed by atoms with Crippen LogP contribution in [-0.2, 0) is 10.0 Å². The van der Waals surface area contributed by atoms with Gasteiger partial charge in [0, 0.05) is 12.7 Å². The summed E-state index contributed by atoms with van der Waals surface area (Å²) < 4.78 is 38.8. The number of pyridine rings is 1. The van der Waals surface area contributed by atoms with Crippen LogP contribution in [0.3, 0.4) is 0 Å². The lowest BCUT2D eigenvalue weighted by molar-refractivity contribution is 0.579. The fourth-order valence-corrected chi connectivity index (χ4v) is 2.54. The molecule has 90 valence electrons. The first kappa shape index (κ1) is 12.9. The van der Waals surface area contributed by atoms with Crippen LogP contribution in [0.5, 0.6) is 0 Å². The number of nitrogens with zero attached hydrogens (tertiary/aromatic N) is 1. The number of halogens is 1. The number of anilines is 1. The van der Waals surface area contributed by atoms with Gasteiger partial charge in [0.1, 0.15) is 0 Å². The molecule has 1 atom stereocenters. The van der Waals surface area contributed by atoms with E-state index in [1.807, 2.05) is 0 Å². The molecule has 0 spiro atoms. The van der Waals surface area contributed by atoms with Crippen LogP contribution in [0.2, 0.25) is 0 Å². The van der Waals surface area contributed by atoms with Crippen molar-refractivity contribution in [3.63, 3.8) is 0 Å². The summed E-state index contributed by atoms with van der Waals surface area (Å²) >= 11 is 0. The molecule has 0 aromatic carbocycles. The molecule has 3 N–H and O–H groups in total. The largest absolute Gasteiger partial charge is 0.329 e. The van der Waals surface area contributed by atoms with Crippen molar-refractivity contribution >= 4 is 15.7 Å². The van der Waals surface area contributed by atoms with Gasteiger partial charge in [0.15, 0.2) is 5.82 Å². The number of rotatable bonds is 5. The van der Waals surface area contributed by atoms with E-state index in [4.69, 9.17) is 5.73 Å². The molecule has 1 rings (SSSR count). The molecule has 7 heteroatoms. The summed E-state index contributed by atoms with van der Waals surface area (Å²) in [6.07, 6.45) is 2.63. The minimum atomic E-state index is -3.64. The van der Waals surface area contributed by atoms with Gasteiger partial charge in [-0.2, -0.15) is 0 Å². The van der Waals surface area contributed by atoms with Crippen molar-refractivity contribution < 1.29 is 12.8 Å². The van der Waals surface area contributed by atoms with E-state index < -0.39 is 21.1 Å². The second-order valence-corrected chi connectivity index (χ2v) is 5.23. The third-order valence-electron chi connectivity index (χ3n) is 2.18. The summed E-state index contributed by atoms with van der Waals surface area (Å²) in [5.74, 6) is -0.710. The first-order valence-corrected chi connectivity index (χ1v) is 6.37.